The minimum absolute atomic E-state index is 0.0435. The molecular formula is C34H36N4O9. The Kier molecular flexibility index (Phi) is 7.72. The highest BCUT2D eigenvalue weighted by Gasteiger charge is 2.62. The van der Waals surface area contributed by atoms with Gasteiger partial charge in [0.05, 0.1) is 23.7 Å². The Balaban J connectivity index is 1.03. The van der Waals surface area contributed by atoms with Crippen molar-refractivity contribution < 1.29 is 43.2 Å². The van der Waals surface area contributed by atoms with Gasteiger partial charge in [-0.1, -0.05) is 68.5 Å². The molecule has 2 N–H and O–H groups in total. The second-order valence-electron chi connectivity index (χ2n) is 13.8. The Labute approximate surface area is 270 Å². The van der Waals surface area contributed by atoms with Crippen molar-refractivity contribution in [2.75, 3.05) is 0 Å². The van der Waals surface area contributed by atoms with Crippen LogP contribution in [-0.2, 0) is 44.9 Å². The summed E-state index contributed by atoms with van der Waals surface area (Å²) in [6, 6.07) is 5.20. The highest BCUT2D eigenvalue weighted by atomic mass is 16.7. The molecule has 13 heteroatoms. The Hall–Kier alpha value is -4.81. The van der Waals surface area contributed by atoms with Crippen LogP contribution < -0.4 is 10.6 Å². The number of hydrogen-bond donors (Lipinski definition) is 2. The van der Waals surface area contributed by atoms with Gasteiger partial charge in [0.1, 0.15) is 12.1 Å². The number of urea groups is 1. The zero-order chi connectivity index (χ0) is 33.1. The van der Waals surface area contributed by atoms with Gasteiger partial charge in [0.2, 0.25) is 0 Å². The number of carbonyl (C=O) groups excluding carboxylic acids is 7. The van der Waals surface area contributed by atoms with Gasteiger partial charge in [0.15, 0.2) is 0 Å². The van der Waals surface area contributed by atoms with Gasteiger partial charge in [-0.3, -0.25) is 19.2 Å². The van der Waals surface area contributed by atoms with E-state index in [1.807, 2.05) is 38.2 Å². The van der Waals surface area contributed by atoms with Crippen molar-refractivity contribution in [3.05, 3.63) is 60.2 Å². The van der Waals surface area contributed by atoms with E-state index in [4.69, 9.17) is 9.68 Å². The third-order valence-corrected chi connectivity index (χ3v) is 10.4. The summed E-state index contributed by atoms with van der Waals surface area (Å²) in [6.45, 7) is 3.63. The molecule has 2 aliphatic heterocycles. The summed E-state index contributed by atoms with van der Waals surface area (Å²) in [7, 11) is 0. The summed E-state index contributed by atoms with van der Waals surface area (Å²) in [4.78, 5) is 103. The lowest BCUT2D eigenvalue weighted by molar-refractivity contribution is -0.201. The first-order valence-electron chi connectivity index (χ1n) is 16.2. The van der Waals surface area contributed by atoms with E-state index in [9.17, 15) is 33.6 Å². The average molecular weight is 645 g/mol. The van der Waals surface area contributed by atoms with E-state index in [1.54, 1.807) is 30.3 Å². The molecule has 10 atom stereocenters. The lowest BCUT2D eigenvalue weighted by atomic mass is 9.85. The fraction of sp³-hybridized carbons (Fsp3) is 0.500. The third-order valence-electron chi connectivity index (χ3n) is 10.4. The first-order chi connectivity index (χ1) is 22.5. The Morgan fingerprint density at radius 2 is 1.09 bits per heavy atom. The van der Waals surface area contributed by atoms with E-state index < -0.39 is 77.4 Å². The molecule has 6 amide bonds. The Morgan fingerprint density at radius 1 is 0.681 bits per heavy atom. The molecule has 0 aromatic heterocycles. The minimum atomic E-state index is -1.35. The van der Waals surface area contributed by atoms with Crippen molar-refractivity contribution in [3.8, 4) is 0 Å². The molecule has 1 aromatic carbocycles. The van der Waals surface area contributed by atoms with Crippen LogP contribution in [0, 0.1) is 53.3 Å². The van der Waals surface area contributed by atoms with E-state index in [0.29, 0.717) is 22.1 Å². The number of fused-ring (bicyclic) bond motifs is 10. The second kappa shape index (κ2) is 11.8. The number of nitrogens with one attached hydrogen (secondary N) is 2. The Bertz CT molecular complexity index is 1550. The molecule has 13 nitrogen and oxygen atoms in total. The number of rotatable bonds is 10. The van der Waals surface area contributed by atoms with Gasteiger partial charge < -0.3 is 20.3 Å². The lowest BCUT2D eigenvalue weighted by Gasteiger charge is -2.24. The molecule has 2 saturated heterocycles. The fourth-order valence-corrected chi connectivity index (χ4v) is 8.32. The molecule has 4 aliphatic carbocycles. The van der Waals surface area contributed by atoms with Crippen LogP contribution in [-0.4, -0.2) is 63.8 Å². The lowest BCUT2D eigenvalue weighted by Crippen LogP contribution is -2.54. The molecule has 2 saturated carbocycles. The number of allylic oxidation sites excluding steroid dienone is 4. The van der Waals surface area contributed by atoms with Crippen LogP contribution in [0.25, 0.3) is 0 Å². The van der Waals surface area contributed by atoms with E-state index in [0.717, 1.165) is 6.42 Å². The predicted octanol–water partition coefficient (Wildman–Crippen LogP) is 1.84. The van der Waals surface area contributed by atoms with Crippen LogP contribution in [0.4, 0.5) is 4.79 Å². The highest BCUT2D eigenvalue weighted by molar-refractivity contribution is 6.07. The normalized spacial score (nSPS) is 32.2. The number of nitrogens with zero attached hydrogens (tertiary/aromatic N) is 2. The van der Waals surface area contributed by atoms with E-state index in [-0.39, 0.29) is 42.4 Å². The maximum absolute atomic E-state index is 13.5. The average Bonchev–Trinajstić information content (AvgIpc) is 3.89. The maximum atomic E-state index is 13.5. The summed E-state index contributed by atoms with van der Waals surface area (Å²) >= 11 is 0. The summed E-state index contributed by atoms with van der Waals surface area (Å²) < 4.78 is 0. The highest BCUT2D eigenvalue weighted by Crippen LogP contribution is 2.53. The number of amides is 6. The van der Waals surface area contributed by atoms with Gasteiger partial charge >= 0.3 is 18.0 Å². The third kappa shape index (κ3) is 5.31. The molecule has 246 valence electrons. The van der Waals surface area contributed by atoms with Crippen molar-refractivity contribution in [2.24, 2.45) is 53.3 Å². The fourth-order valence-electron chi connectivity index (χ4n) is 8.32. The van der Waals surface area contributed by atoms with Crippen LogP contribution in [0.1, 0.15) is 38.7 Å². The van der Waals surface area contributed by atoms with Gasteiger partial charge in [-0.15, -0.1) is 10.1 Å². The predicted molar refractivity (Wildman–Crippen MR) is 160 cm³/mol. The van der Waals surface area contributed by atoms with Crippen molar-refractivity contribution in [3.63, 3.8) is 0 Å². The minimum Gasteiger partial charge on any atom is -0.328 e. The van der Waals surface area contributed by atoms with Crippen molar-refractivity contribution >= 4 is 41.6 Å². The first kappa shape index (κ1) is 30.8. The Morgan fingerprint density at radius 3 is 1.51 bits per heavy atom. The second-order valence-corrected chi connectivity index (χ2v) is 13.8. The van der Waals surface area contributed by atoms with Crippen molar-refractivity contribution in [2.45, 2.75) is 51.6 Å². The molecule has 0 spiro atoms. The molecule has 4 fully saturated rings. The SMILES string of the molecule is CC(C)C[C@H](NC(=O)NC(Cc1ccccc1)C(=O)ON1C(=O)C2C3C=CC(C3)C2C1=O)C(=O)ON1C(=O)C2C3C=CC(C3)C2C1=O. The molecule has 7 rings (SSSR count). The quantitative estimate of drug-likeness (QED) is 0.285. The topological polar surface area (TPSA) is 168 Å². The van der Waals surface area contributed by atoms with E-state index >= 15 is 0 Å². The number of hydroxylamine groups is 4. The smallest absolute Gasteiger partial charge is 0.328 e. The molecule has 47 heavy (non-hydrogen) atoms. The number of imide groups is 2. The maximum Gasteiger partial charge on any atom is 0.355 e. The molecule has 1 aromatic rings. The first-order valence-corrected chi connectivity index (χ1v) is 16.2. The van der Waals surface area contributed by atoms with E-state index in [2.05, 4.69) is 10.6 Å². The van der Waals surface area contributed by atoms with E-state index in [1.165, 1.54) is 0 Å². The molecule has 2 heterocycles. The molecule has 9 unspecified atom stereocenters. The molecule has 6 aliphatic rings. The van der Waals surface area contributed by atoms with Crippen LogP contribution >= 0.6 is 0 Å². The number of carbonyl (C=O) groups is 7. The summed E-state index contributed by atoms with van der Waals surface area (Å²) in [5.41, 5.74) is 0.658. The monoisotopic (exact) mass is 644 g/mol. The van der Waals surface area contributed by atoms with Crippen LogP contribution in [0.3, 0.4) is 0 Å². The number of hydrogen-bond acceptors (Lipinski definition) is 9. The van der Waals surface area contributed by atoms with Gasteiger partial charge in [-0.25, -0.2) is 14.4 Å². The van der Waals surface area contributed by atoms with Crippen molar-refractivity contribution in [1.82, 2.24) is 20.8 Å². The zero-order valence-electron chi connectivity index (χ0n) is 25.9. The van der Waals surface area contributed by atoms with Crippen molar-refractivity contribution in [1.29, 1.82) is 0 Å². The standard InChI is InChI=1S/C34H36N4O9/c1-16(2)12-22(32(43)46-37-28(39)24-18-8-9-19(14-18)25(24)29(37)40)35-34(45)36-23(13-17-6-4-3-5-7-17)33(44)47-38-30(41)26-20-10-11-21(15-20)27(26)31(38)42/h3-11,16,18-27H,12-15H2,1-2H3,(H2,35,36,45)/t18?,19?,20?,21?,22-,23?,24?,25?,26?,27?/m0/s1. The number of benzene rings is 1. The molecule has 0 radical (unpaired) electrons. The van der Waals surface area contributed by atoms with Gasteiger partial charge in [0.25, 0.3) is 23.6 Å². The van der Waals surface area contributed by atoms with Gasteiger partial charge in [-0.2, -0.15) is 0 Å². The summed E-state index contributed by atoms with van der Waals surface area (Å²) in [5.74, 6) is -6.99. The molecule has 4 bridgehead atoms. The molecular weight excluding hydrogens is 608 g/mol. The van der Waals surface area contributed by atoms with Gasteiger partial charge in [-0.05, 0) is 54.4 Å². The summed E-state index contributed by atoms with van der Waals surface area (Å²) in [6.07, 6.45) is 9.19. The van der Waals surface area contributed by atoms with Crippen LogP contribution in [0.15, 0.2) is 54.6 Å². The largest absolute Gasteiger partial charge is 0.355 e. The summed E-state index contributed by atoms with van der Waals surface area (Å²) in [5, 5.41) is 6.10. The van der Waals surface area contributed by atoms with Gasteiger partial charge in [0, 0.05) is 6.42 Å². The zero-order valence-corrected chi connectivity index (χ0v) is 25.9. The van der Waals surface area contributed by atoms with Crippen LogP contribution in [0.5, 0.6) is 0 Å². The van der Waals surface area contributed by atoms with Crippen LogP contribution in [0.2, 0.25) is 0 Å².